The van der Waals surface area contributed by atoms with E-state index in [-0.39, 0.29) is 6.04 Å². The molecule has 1 unspecified atom stereocenters. The van der Waals surface area contributed by atoms with Crippen LogP contribution in [0.25, 0.3) is 0 Å². The highest BCUT2D eigenvalue weighted by molar-refractivity contribution is 6.30. The summed E-state index contributed by atoms with van der Waals surface area (Å²) in [5.74, 6) is 3.82. The molecule has 1 aliphatic carbocycles. The van der Waals surface area contributed by atoms with Gasteiger partial charge in [0.2, 0.25) is 0 Å². The fourth-order valence-corrected chi connectivity index (χ4v) is 4.41. The van der Waals surface area contributed by atoms with Gasteiger partial charge in [0.05, 0.1) is 6.04 Å². The topological polar surface area (TPSA) is 52.0 Å². The van der Waals surface area contributed by atoms with Crippen LogP contribution in [0, 0.1) is 17.8 Å². The van der Waals surface area contributed by atoms with Crippen LogP contribution in [-0.4, -0.2) is 27.9 Å². The van der Waals surface area contributed by atoms with Crippen LogP contribution in [0.5, 0.6) is 11.8 Å². The molecule has 1 saturated heterocycles. The molecule has 1 saturated carbocycles. The molecule has 0 amide bonds. The molecule has 1 N–H and O–H groups in total. The van der Waals surface area contributed by atoms with Crippen molar-refractivity contribution in [3.8, 4) is 11.8 Å². The summed E-state index contributed by atoms with van der Waals surface area (Å²) in [4.78, 5) is 4.71. The van der Waals surface area contributed by atoms with Crippen LogP contribution in [0.1, 0.15) is 38.6 Å². The van der Waals surface area contributed by atoms with Gasteiger partial charge in [0, 0.05) is 11.4 Å². The van der Waals surface area contributed by atoms with Crippen LogP contribution < -0.4 is 10.1 Å². The summed E-state index contributed by atoms with van der Waals surface area (Å²) in [6.07, 6.45) is 3.61. The van der Waals surface area contributed by atoms with Crippen LogP contribution in [0.4, 0.5) is 0 Å². The van der Waals surface area contributed by atoms with Gasteiger partial charge in [-0.25, -0.2) is 4.68 Å². The van der Waals surface area contributed by atoms with Gasteiger partial charge in [-0.1, -0.05) is 17.7 Å². The molecule has 2 heterocycles. The van der Waals surface area contributed by atoms with Gasteiger partial charge in [0.15, 0.2) is 5.82 Å². The zero-order valence-electron chi connectivity index (χ0n) is 14.8. The fraction of sp³-hybridized carbons (Fsp3) is 0.579. The van der Waals surface area contributed by atoms with Gasteiger partial charge < -0.3 is 10.1 Å². The zero-order valence-corrected chi connectivity index (χ0v) is 15.5. The van der Waals surface area contributed by atoms with E-state index in [2.05, 4.69) is 19.2 Å². The number of hydrogen-bond donors (Lipinski definition) is 1. The standard InChI is InChI=1S/C19H25ClN4O/c1-12(2)24-19(25-16-5-3-4-15(20)8-16)22-18(23-24)9-17-13-6-7-14(17)11-21-10-13/h3-5,8,12-14,17,21H,6-7,9-11H2,1-2H3/t13-,14+,17?. The average molecular weight is 361 g/mol. The molecule has 4 rings (SSSR count). The van der Waals surface area contributed by atoms with E-state index in [1.54, 1.807) is 6.07 Å². The van der Waals surface area contributed by atoms with Crippen molar-refractivity contribution in [3.63, 3.8) is 0 Å². The Labute approximate surface area is 153 Å². The first-order valence-electron chi connectivity index (χ1n) is 9.19. The summed E-state index contributed by atoms with van der Waals surface area (Å²) in [5, 5.41) is 8.95. The van der Waals surface area contributed by atoms with Crippen LogP contribution in [0.15, 0.2) is 24.3 Å². The lowest BCUT2D eigenvalue weighted by atomic mass is 9.83. The van der Waals surface area contributed by atoms with Gasteiger partial charge >= 0.3 is 6.01 Å². The smallest absolute Gasteiger partial charge is 0.320 e. The van der Waals surface area contributed by atoms with E-state index in [1.165, 1.54) is 12.8 Å². The van der Waals surface area contributed by atoms with Gasteiger partial charge in [-0.15, -0.1) is 0 Å². The number of halogens is 1. The second-order valence-electron chi connectivity index (χ2n) is 7.53. The predicted molar refractivity (Wildman–Crippen MR) is 98.2 cm³/mol. The minimum absolute atomic E-state index is 0.195. The Balaban J connectivity index is 1.55. The first-order valence-corrected chi connectivity index (χ1v) is 9.57. The van der Waals surface area contributed by atoms with Gasteiger partial charge in [0.25, 0.3) is 0 Å². The van der Waals surface area contributed by atoms with Crippen LogP contribution in [-0.2, 0) is 6.42 Å². The van der Waals surface area contributed by atoms with Crippen molar-refractivity contribution < 1.29 is 4.74 Å². The molecule has 5 nitrogen and oxygen atoms in total. The largest absolute Gasteiger partial charge is 0.424 e. The zero-order chi connectivity index (χ0) is 17.4. The molecule has 6 heteroatoms. The first kappa shape index (κ1) is 16.9. The number of fused-ring (bicyclic) bond motifs is 2. The van der Waals surface area contributed by atoms with Crippen molar-refractivity contribution in [3.05, 3.63) is 35.1 Å². The Kier molecular flexibility index (Phi) is 4.69. The lowest BCUT2D eigenvalue weighted by Gasteiger charge is -2.29. The quantitative estimate of drug-likeness (QED) is 0.872. The summed E-state index contributed by atoms with van der Waals surface area (Å²) in [6.45, 7) is 6.46. The normalized spacial score (nSPS) is 25.5. The molecule has 2 aliphatic rings. The Bertz CT molecular complexity index is 729. The third kappa shape index (κ3) is 3.53. The maximum absolute atomic E-state index is 6.06. The van der Waals surface area contributed by atoms with Crippen molar-refractivity contribution in [2.45, 2.75) is 39.2 Å². The molecule has 1 aromatic heterocycles. The predicted octanol–water partition coefficient (Wildman–Crippen LogP) is 4.09. The van der Waals surface area contributed by atoms with Gasteiger partial charge in [-0.3, -0.25) is 0 Å². The van der Waals surface area contributed by atoms with E-state index in [0.717, 1.165) is 37.2 Å². The summed E-state index contributed by atoms with van der Waals surface area (Å²) in [5.41, 5.74) is 0. The summed E-state index contributed by atoms with van der Waals surface area (Å²) < 4.78 is 7.86. The summed E-state index contributed by atoms with van der Waals surface area (Å²) in [7, 11) is 0. The van der Waals surface area contributed by atoms with E-state index in [0.29, 0.717) is 22.7 Å². The van der Waals surface area contributed by atoms with Crippen molar-refractivity contribution in [1.29, 1.82) is 0 Å². The van der Waals surface area contributed by atoms with E-state index < -0.39 is 0 Å². The van der Waals surface area contributed by atoms with E-state index in [9.17, 15) is 0 Å². The van der Waals surface area contributed by atoms with E-state index in [4.69, 9.17) is 26.4 Å². The Morgan fingerprint density at radius 1 is 1.28 bits per heavy atom. The number of benzene rings is 1. The molecule has 1 aromatic carbocycles. The molecule has 2 bridgehead atoms. The second-order valence-corrected chi connectivity index (χ2v) is 7.97. The summed E-state index contributed by atoms with van der Waals surface area (Å²) >= 11 is 6.06. The van der Waals surface area contributed by atoms with Crippen molar-refractivity contribution in [2.75, 3.05) is 13.1 Å². The average Bonchev–Trinajstić information content (AvgIpc) is 3.04. The van der Waals surface area contributed by atoms with E-state index in [1.807, 2.05) is 22.9 Å². The molecular weight excluding hydrogens is 336 g/mol. The minimum atomic E-state index is 0.195. The maximum Gasteiger partial charge on any atom is 0.320 e. The number of rotatable bonds is 5. The molecule has 0 radical (unpaired) electrons. The van der Waals surface area contributed by atoms with Crippen molar-refractivity contribution >= 4 is 11.6 Å². The number of aromatic nitrogens is 3. The number of ether oxygens (including phenoxy) is 1. The highest BCUT2D eigenvalue weighted by atomic mass is 35.5. The molecule has 0 spiro atoms. The molecule has 1 aliphatic heterocycles. The number of nitrogens with zero attached hydrogens (tertiary/aromatic N) is 3. The molecule has 3 atom stereocenters. The molecule has 134 valence electrons. The number of nitrogens with one attached hydrogen (secondary N) is 1. The molecule has 25 heavy (non-hydrogen) atoms. The van der Waals surface area contributed by atoms with Crippen molar-refractivity contribution in [2.24, 2.45) is 17.8 Å². The Morgan fingerprint density at radius 3 is 2.72 bits per heavy atom. The first-order chi connectivity index (χ1) is 12.1. The SMILES string of the molecule is CC(C)n1nc(CC2[C@@H]3CC[C@H]2CNC3)nc1Oc1cccc(Cl)c1. The highest BCUT2D eigenvalue weighted by Gasteiger charge is 2.39. The maximum atomic E-state index is 6.06. The van der Waals surface area contributed by atoms with Crippen LogP contribution in [0.3, 0.4) is 0 Å². The minimum Gasteiger partial charge on any atom is -0.424 e. The highest BCUT2D eigenvalue weighted by Crippen LogP contribution is 2.41. The van der Waals surface area contributed by atoms with Crippen LogP contribution >= 0.6 is 11.6 Å². The van der Waals surface area contributed by atoms with Gasteiger partial charge in [0.1, 0.15) is 5.75 Å². The van der Waals surface area contributed by atoms with Gasteiger partial charge in [-0.2, -0.15) is 10.1 Å². The monoisotopic (exact) mass is 360 g/mol. The van der Waals surface area contributed by atoms with Gasteiger partial charge in [-0.05, 0) is 75.7 Å². The van der Waals surface area contributed by atoms with Crippen LogP contribution in [0.2, 0.25) is 5.02 Å². The van der Waals surface area contributed by atoms with Crippen molar-refractivity contribution in [1.82, 2.24) is 20.1 Å². The van der Waals surface area contributed by atoms with E-state index >= 15 is 0 Å². The third-order valence-electron chi connectivity index (χ3n) is 5.49. The Hall–Kier alpha value is -1.59. The third-order valence-corrected chi connectivity index (χ3v) is 5.72. The fourth-order valence-electron chi connectivity index (χ4n) is 4.23. The summed E-state index contributed by atoms with van der Waals surface area (Å²) in [6, 6.07) is 8.14. The number of piperidine rings is 1. The second kappa shape index (κ2) is 6.96. The lowest BCUT2D eigenvalue weighted by Crippen LogP contribution is -2.39. The Morgan fingerprint density at radius 2 is 2.04 bits per heavy atom. The molecule has 2 aromatic rings. The molecule has 2 fully saturated rings. The lowest BCUT2D eigenvalue weighted by molar-refractivity contribution is 0.241. The number of hydrogen-bond acceptors (Lipinski definition) is 4. The molecular formula is C19H25ClN4O.